The monoisotopic (exact) mass is 463 g/mol. The molecule has 0 saturated carbocycles. The van der Waals surface area contributed by atoms with Crippen LogP contribution in [0.2, 0.25) is 0 Å². The van der Waals surface area contributed by atoms with Crippen molar-refractivity contribution >= 4 is 26.0 Å². The fourth-order valence-corrected chi connectivity index (χ4v) is 6.24. The number of carbonyl (C=O) groups excluding carboxylic acids is 1. The first-order chi connectivity index (χ1) is 13.5. The van der Waals surface area contributed by atoms with Crippen LogP contribution in [0.5, 0.6) is 0 Å². The fraction of sp³-hybridized carbons (Fsp3) is 0.632. The van der Waals surface area contributed by atoms with E-state index in [9.17, 15) is 21.6 Å². The van der Waals surface area contributed by atoms with Crippen molar-refractivity contribution in [2.45, 2.75) is 76.2 Å². The maximum Gasteiger partial charge on any atom is 0.413 e. The van der Waals surface area contributed by atoms with E-state index in [-0.39, 0.29) is 4.90 Å². The van der Waals surface area contributed by atoms with E-state index >= 15 is 0 Å². The molecular weight excluding hydrogens is 434 g/mol. The molecular formula is C19H29NO8S2. The van der Waals surface area contributed by atoms with Gasteiger partial charge in [0.2, 0.25) is 0 Å². The van der Waals surface area contributed by atoms with Crippen molar-refractivity contribution in [1.29, 1.82) is 0 Å². The molecule has 0 unspecified atom stereocenters. The third-order valence-electron chi connectivity index (χ3n) is 4.35. The van der Waals surface area contributed by atoms with Crippen molar-refractivity contribution in [1.82, 2.24) is 4.90 Å². The van der Waals surface area contributed by atoms with Gasteiger partial charge in [-0.3, -0.25) is 4.90 Å². The maximum absolute atomic E-state index is 13.0. The van der Waals surface area contributed by atoms with Gasteiger partial charge in [0.15, 0.2) is 21.2 Å². The largest absolute Gasteiger partial charge is 0.444 e. The quantitative estimate of drug-likeness (QED) is 0.612. The normalized spacial score (nSPS) is 22.2. The van der Waals surface area contributed by atoms with Crippen LogP contribution in [-0.4, -0.2) is 56.6 Å². The van der Waals surface area contributed by atoms with E-state index in [2.05, 4.69) is 0 Å². The van der Waals surface area contributed by atoms with Crippen molar-refractivity contribution in [2.75, 3.05) is 5.94 Å². The van der Waals surface area contributed by atoms with Crippen LogP contribution in [0.4, 0.5) is 4.79 Å². The maximum atomic E-state index is 13.0. The predicted octanol–water partition coefficient (Wildman–Crippen LogP) is 2.79. The summed E-state index contributed by atoms with van der Waals surface area (Å²) in [5, 5.41) is -1.48. The number of nitrogens with zero attached hydrogens (tertiary/aromatic N) is 1. The SMILES string of the molecule is Cc1ccc(S(=O)(=O)OCS(=O)(=O)[C@@H]2[C@@H](C)OC(C)(C)N2C(=O)OC(C)(C)C)cc1. The molecule has 30 heavy (non-hydrogen) atoms. The Kier molecular flexibility index (Phi) is 6.64. The lowest BCUT2D eigenvalue weighted by molar-refractivity contribution is -0.0749. The average Bonchev–Trinajstić information content (AvgIpc) is 2.81. The van der Waals surface area contributed by atoms with Crippen LogP contribution < -0.4 is 0 Å². The number of rotatable bonds is 5. The first kappa shape index (κ1) is 24.6. The van der Waals surface area contributed by atoms with Crippen LogP contribution in [0.15, 0.2) is 29.2 Å². The van der Waals surface area contributed by atoms with Crippen molar-refractivity contribution in [3.8, 4) is 0 Å². The number of amides is 1. The molecule has 1 fully saturated rings. The van der Waals surface area contributed by atoms with Crippen LogP contribution in [0.25, 0.3) is 0 Å². The van der Waals surface area contributed by atoms with Crippen LogP contribution in [0.1, 0.15) is 47.1 Å². The fourth-order valence-electron chi connectivity index (χ4n) is 3.15. The lowest BCUT2D eigenvalue weighted by Gasteiger charge is -2.34. The summed E-state index contributed by atoms with van der Waals surface area (Å²) in [7, 11) is -8.59. The Hall–Kier alpha value is -1.69. The number of aryl methyl sites for hydroxylation is 1. The summed E-state index contributed by atoms with van der Waals surface area (Å²) in [5.41, 5.74) is -1.30. The molecule has 1 amide bonds. The molecule has 0 aliphatic carbocycles. The van der Waals surface area contributed by atoms with Gasteiger partial charge in [-0.2, -0.15) is 8.42 Å². The van der Waals surface area contributed by atoms with Gasteiger partial charge in [-0.25, -0.2) is 17.4 Å². The van der Waals surface area contributed by atoms with Gasteiger partial charge >= 0.3 is 6.09 Å². The Morgan fingerprint density at radius 1 is 1.13 bits per heavy atom. The highest BCUT2D eigenvalue weighted by Gasteiger charge is 2.55. The summed E-state index contributed by atoms with van der Waals surface area (Å²) in [6.45, 7) is 11.3. The third-order valence-corrected chi connectivity index (χ3v) is 7.55. The highest BCUT2D eigenvalue weighted by molar-refractivity contribution is 7.93. The van der Waals surface area contributed by atoms with E-state index in [0.29, 0.717) is 0 Å². The Morgan fingerprint density at radius 3 is 2.17 bits per heavy atom. The number of ether oxygens (including phenoxy) is 2. The zero-order valence-electron chi connectivity index (χ0n) is 18.2. The van der Waals surface area contributed by atoms with Gasteiger partial charge < -0.3 is 9.47 Å². The number of hydrogen-bond donors (Lipinski definition) is 0. The molecule has 0 N–H and O–H groups in total. The van der Waals surface area contributed by atoms with Crippen molar-refractivity contribution in [2.24, 2.45) is 0 Å². The standard InChI is InChI=1S/C19H29NO8S2/c1-13-8-10-15(11-9-13)30(24,25)26-12-29(22,23)16-14(2)27-19(6,7)20(16)17(21)28-18(3,4)5/h8-11,14,16H,12H2,1-7H3/t14-,16-/m1/s1. The summed E-state index contributed by atoms with van der Waals surface area (Å²) in [6, 6.07) is 5.80. The van der Waals surface area contributed by atoms with E-state index in [1.54, 1.807) is 39.8 Å². The molecule has 0 spiro atoms. The Labute approximate surface area is 178 Å². The summed E-state index contributed by atoms with van der Waals surface area (Å²) >= 11 is 0. The van der Waals surface area contributed by atoms with Gasteiger partial charge in [0, 0.05) is 0 Å². The molecule has 1 aromatic carbocycles. The minimum atomic E-state index is -4.31. The molecule has 2 rings (SSSR count). The molecule has 1 heterocycles. The van der Waals surface area contributed by atoms with Gasteiger partial charge in [-0.1, -0.05) is 17.7 Å². The molecule has 1 aliphatic heterocycles. The number of benzene rings is 1. The number of sulfone groups is 1. The molecule has 170 valence electrons. The van der Waals surface area contributed by atoms with Crippen LogP contribution in [0.3, 0.4) is 0 Å². The molecule has 2 atom stereocenters. The van der Waals surface area contributed by atoms with Crippen molar-refractivity contribution in [3.05, 3.63) is 29.8 Å². The van der Waals surface area contributed by atoms with Crippen LogP contribution >= 0.6 is 0 Å². The Balaban J connectivity index is 2.29. The summed E-state index contributed by atoms with van der Waals surface area (Å²) in [4.78, 5) is 13.5. The summed E-state index contributed by atoms with van der Waals surface area (Å²) in [6.07, 6.45) is -1.81. The molecule has 1 aliphatic rings. The van der Waals surface area contributed by atoms with Crippen LogP contribution in [0, 0.1) is 6.92 Å². The van der Waals surface area contributed by atoms with Gasteiger partial charge in [-0.15, -0.1) is 0 Å². The molecule has 1 aromatic rings. The topological polar surface area (TPSA) is 116 Å². The molecule has 0 radical (unpaired) electrons. The Bertz CT molecular complexity index is 992. The van der Waals surface area contributed by atoms with Crippen molar-refractivity contribution in [3.63, 3.8) is 0 Å². The second-order valence-corrected chi connectivity index (χ2v) is 12.3. The van der Waals surface area contributed by atoms with E-state index in [1.807, 2.05) is 0 Å². The van der Waals surface area contributed by atoms with Crippen molar-refractivity contribution < 1.29 is 35.3 Å². The minimum Gasteiger partial charge on any atom is -0.444 e. The zero-order chi connectivity index (χ0) is 23.1. The predicted molar refractivity (Wildman–Crippen MR) is 110 cm³/mol. The van der Waals surface area contributed by atoms with Crippen LogP contribution in [-0.2, 0) is 33.6 Å². The molecule has 0 aromatic heterocycles. The highest BCUT2D eigenvalue weighted by atomic mass is 32.2. The van der Waals surface area contributed by atoms with E-state index in [0.717, 1.165) is 10.5 Å². The van der Waals surface area contributed by atoms with E-state index < -0.39 is 54.8 Å². The number of hydrogen-bond acceptors (Lipinski definition) is 8. The minimum absolute atomic E-state index is 0.164. The first-order valence-electron chi connectivity index (χ1n) is 9.34. The molecule has 9 nitrogen and oxygen atoms in total. The molecule has 1 saturated heterocycles. The molecule has 11 heteroatoms. The summed E-state index contributed by atoms with van der Waals surface area (Å²) in [5.74, 6) is -1.14. The smallest absolute Gasteiger partial charge is 0.413 e. The second kappa shape index (κ2) is 8.10. The average molecular weight is 464 g/mol. The summed E-state index contributed by atoms with van der Waals surface area (Å²) < 4.78 is 66.7. The lowest BCUT2D eigenvalue weighted by atomic mass is 10.2. The molecule has 0 bridgehead atoms. The van der Waals surface area contributed by atoms with Gasteiger partial charge in [0.25, 0.3) is 10.1 Å². The lowest BCUT2D eigenvalue weighted by Crippen LogP contribution is -2.53. The Morgan fingerprint density at radius 2 is 1.67 bits per heavy atom. The zero-order valence-corrected chi connectivity index (χ0v) is 19.8. The highest BCUT2D eigenvalue weighted by Crippen LogP contribution is 2.36. The van der Waals surface area contributed by atoms with E-state index in [1.165, 1.54) is 32.9 Å². The second-order valence-electron chi connectivity index (χ2n) is 8.68. The third kappa shape index (κ3) is 5.51. The number of carbonyl (C=O) groups is 1. The van der Waals surface area contributed by atoms with Gasteiger partial charge in [-0.05, 0) is 60.6 Å². The van der Waals surface area contributed by atoms with Gasteiger partial charge in [0.05, 0.1) is 11.0 Å². The van der Waals surface area contributed by atoms with Gasteiger partial charge in [0.1, 0.15) is 11.3 Å². The van der Waals surface area contributed by atoms with E-state index in [4.69, 9.17) is 13.7 Å². The first-order valence-corrected chi connectivity index (χ1v) is 12.5.